The second-order valence-electron chi connectivity index (χ2n) is 6.78. The Morgan fingerprint density at radius 3 is 2.52 bits per heavy atom. The Kier molecular flexibility index (Phi) is 6.11. The molecule has 152 valence electrons. The van der Waals surface area contributed by atoms with Crippen LogP contribution in [0.2, 0.25) is 0 Å². The van der Waals surface area contributed by atoms with Crippen molar-refractivity contribution in [3.05, 3.63) is 58.5 Å². The first kappa shape index (κ1) is 20.3. The van der Waals surface area contributed by atoms with Crippen LogP contribution in [-0.4, -0.2) is 33.0 Å². The molecule has 3 aromatic rings. The molecule has 0 fully saturated rings. The highest BCUT2D eigenvalue weighted by molar-refractivity contribution is 5.95. The molecule has 2 heterocycles. The number of carbonyl (C=O) groups is 2. The molecule has 2 amide bonds. The second kappa shape index (κ2) is 8.72. The molecular weight excluding hydrogens is 370 g/mol. The molecule has 29 heavy (non-hydrogen) atoms. The van der Waals surface area contributed by atoms with E-state index < -0.39 is 0 Å². The lowest BCUT2D eigenvalue weighted by Gasteiger charge is -2.12. The number of aromatic nitrogens is 3. The average Bonchev–Trinajstić information content (AvgIpc) is 3.07. The fraction of sp³-hybridized carbons (Fsp3) is 0.333. The first-order valence-corrected chi connectivity index (χ1v) is 9.53. The van der Waals surface area contributed by atoms with E-state index in [-0.39, 0.29) is 18.2 Å². The molecule has 0 spiro atoms. The van der Waals surface area contributed by atoms with Crippen LogP contribution in [-0.2, 0) is 11.2 Å². The predicted molar refractivity (Wildman–Crippen MR) is 109 cm³/mol. The van der Waals surface area contributed by atoms with Crippen molar-refractivity contribution in [2.45, 2.75) is 40.5 Å². The number of fused-ring (bicyclic) bond motifs is 1. The Labute approximate surface area is 169 Å². The van der Waals surface area contributed by atoms with Crippen LogP contribution in [0.3, 0.4) is 0 Å². The van der Waals surface area contributed by atoms with E-state index in [0.717, 1.165) is 28.3 Å². The van der Waals surface area contributed by atoms with Gasteiger partial charge >= 0.3 is 0 Å². The lowest BCUT2D eigenvalue weighted by Crippen LogP contribution is -2.41. The number of hydrazine groups is 1. The zero-order valence-corrected chi connectivity index (χ0v) is 17.1. The Bertz CT molecular complexity index is 1040. The van der Waals surface area contributed by atoms with E-state index in [9.17, 15) is 9.59 Å². The summed E-state index contributed by atoms with van der Waals surface area (Å²) in [5.74, 6) is 0.0282. The quantitative estimate of drug-likeness (QED) is 0.625. The molecule has 0 unspecified atom stereocenters. The molecule has 8 heteroatoms. The van der Waals surface area contributed by atoms with Crippen molar-refractivity contribution in [2.75, 3.05) is 6.61 Å². The van der Waals surface area contributed by atoms with Crippen molar-refractivity contribution in [1.29, 1.82) is 0 Å². The van der Waals surface area contributed by atoms with E-state index in [2.05, 4.69) is 20.9 Å². The van der Waals surface area contributed by atoms with E-state index in [1.165, 1.54) is 0 Å². The summed E-state index contributed by atoms with van der Waals surface area (Å²) in [6.07, 6.45) is 0.725. The summed E-state index contributed by atoms with van der Waals surface area (Å²) in [6, 6.07) is 8.64. The monoisotopic (exact) mass is 395 g/mol. The average molecular weight is 395 g/mol. The minimum Gasteiger partial charge on any atom is -0.494 e. The molecule has 0 bridgehead atoms. The van der Waals surface area contributed by atoms with Crippen LogP contribution in [0.15, 0.2) is 30.3 Å². The van der Waals surface area contributed by atoms with Gasteiger partial charge in [0.15, 0.2) is 5.65 Å². The number of nitrogens with one attached hydrogen (secondary N) is 2. The van der Waals surface area contributed by atoms with Gasteiger partial charge in [-0.1, -0.05) is 0 Å². The van der Waals surface area contributed by atoms with E-state index in [0.29, 0.717) is 24.3 Å². The molecule has 0 saturated carbocycles. The van der Waals surface area contributed by atoms with Gasteiger partial charge in [-0.2, -0.15) is 5.10 Å². The molecule has 0 aliphatic rings. The Hall–Kier alpha value is -3.42. The van der Waals surface area contributed by atoms with Gasteiger partial charge in [-0.3, -0.25) is 20.4 Å². The number of aryl methyl sites for hydroxylation is 3. The van der Waals surface area contributed by atoms with Crippen LogP contribution < -0.4 is 15.6 Å². The molecule has 0 aliphatic carbocycles. The molecule has 1 aromatic carbocycles. The van der Waals surface area contributed by atoms with Gasteiger partial charge in [-0.15, -0.1) is 0 Å². The Balaban J connectivity index is 1.56. The fourth-order valence-corrected chi connectivity index (χ4v) is 3.17. The number of rotatable bonds is 6. The van der Waals surface area contributed by atoms with E-state index in [4.69, 9.17) is 4.74 Å². The van der Waals surface area contributed by atoms with Crippen molar-refractivity contribution in [2.24, 2.45) is 0 Å². The van der Waals surface area contributed by atoms with E-state index >= 15 is 0 Å². The maximum Gasteiger partial charge on any atom is 0.269 e. The maximum atomic E-state index is 12.2. The third-order valence-electron chi connectivity index (χ3n) is 4.63. The third-order valence-corrected chi connectivity index (χ3v) is 4.63. The summed E-state index contributed by atoms with van der Waals surface area (Å²) in [7, 11) is 0. The van der Waals surface area contributed by atoms with Crippen molar-refractivity contribution in [1.82, 2.24) is 25.4 Å². The molecule has 3 rings (SSSR count). The molecular formula is C21H25N5O3. The van der Waals surface area contributed by atoms with Crippen molar-refractivity contribution in [3.8, 4) is 5.75 Å². The van der Waals surface area contributed by atoms with Crippen LogP contribution in [0.25, 0.3) is 5.65 Å². The van der Waals surface area contributed by atoms with E-state index in [1.54, 1.807) is 28.8 Å². The predicted octanol–water partition coefficient (Wildman–Crippen LogP) is 2.45. The lowest BCUT2D eigenvalue weighted by atomic mass is 10.1. The largest absolute Gasteiger partial charge is 0.494 e. The maximum absolute atomic E-state index is 12.2. The van der Waals surface area contributed by atoms with Gasteiger partial charge in [0.05, 0.1) is 12.3 Å². The molecule has 2 aromatic heterocycles. The van der Waals surface area contributed by atoms with Crippen LogP contribution in [0.1, 0.15) is 46.3 Å². The van der Waals surface area contributed by atoms with Gasteiger partial charge in [-0.05, 0) is 63.9 Å². The number of hydrogen-bond donors (Lipinski definition) is 2. The highest BCUT2D eigenvalue weighted by Gasteiger charge is 2.13. The van der Waals surface area contributed by atoms with Crippen molar-refractivity contribution < 1.29 is 14.3 Å². The molecule has 0 aliphatic heterocycles. The number of amides is 2. The number of hydrogen-bond acceptors (Lipinski definition) is 5. The molecule has 0 saturated heterocycles. The van der Waals surface area contributed by atoms with Gasteiger partial charge < -0.3 is 4.74 Å². The number of ether oxygens (including phenoxy) is 1. The highest BCUT2D eigenvalue weighted by atomic mass is 16.5. The Morgan fingerprint density at radius 2 is 1.83 bits per heavy atom. The molecule has 0 radical (unpaired) electrons. The normalized spacial score (nSPS) is 10.8. The van der Waals surface area contributed by atoms with Crippen LogP contribution >= 0.6 is 0 Å². The first-order valence-electron chi connectivity index (χ1n) is 9.53. The van der Waals surface area contributed by atoms with Gasteiger partial charge in [0.1, 0.15) is 5.75 Å². The summed E-state index contributed by atoms with van der Waals surface area (Å²) in [5.41, 5.74) is 9.84. The van der Waals surface area contributed by atoms with Crippen LogP contribution in [0, 0.1) is 20.8 Å². The van der Waals surface area contributed by atoms with E-state index in [1.807, 2.05) is 33.8 Å². The van der Waals surface area contributed by atoms with Crippen LogP contribution in [0.5, 0.6) is 5.75 Å². The number of benzene rings is 1. The zero-order valence-electron chi connectivity index (χ0n) is 17.1. The van der Waals surface area contributed by atoms with Gasteiger partial charge in [0.25, 0.3) is 5.91 Å². The van der Waals surface area contributed by atoms with Crippen molar-refractivity contribution in [3.63, 3.8) is 0 Å². The highest BCUT2D eigenvalue weighted by Crippen LogP contribution is 2.17. The van der Waals surface area contributed by atoms with Gasteiger partial charge in [0.2, 0.25) is 5.91 Å². The standard InChI is InChI=1S/C21H25N5O3/c1-5-29-17-8-6-16(7-9-17)21(28)24-23-20(27)11-10-18-14(3)22-19-12-13(2)25-26(19)15(18)4/h6-9,12H,5,10-11H2,1-4H3,(H,23,27)(H,24,28). The summed E-state index contributed by atoms with van der Waals surface area (Å²) in [4.78, 5) is 28.9. The van der Waals surface area contributed by atoms with Crippen LogP contribution in [0.4, 0.5) is 0 Å². The second-order valence-corrected chi connectivity index (χ2v) is 6.78. The fourth-order valence-electron chi connectivity index (χ4n) is 3.17. The first-order chi connectivity index (χ1) is 13.9. The molecule has 8 nitrogen and oxygen atoms in total. The summed E-state index contributed by atoms with van der Waals surface area (Å²) >= 11 is 0. The lowest BCUT2D eigenvalue weighted by molar-refractivity contribution is -0.121. The zero-order chi connectivity index (χ0) is 21.0. The number of nitrogens with zero attached hydrogens (tertiary/aromatic N) is 3. The summed E-state index contributed by atoms with van der Waals surface area (Å²) in [5, 5.41) is 4.44. The molecule has 2 N–H and O–H groups in total. The Morgan fingerprint density at radius 1 is 1.10 bits per heavy atom. The van der Waals surface area contributed by atoms with Crippen molar-refractivity contribution >= 4 is 17.5 Å². The minimum absolute atomic E-state index is 0.221. The molecule has 0 atom stereocenters. The summed E-state index contributed by atoms with van der Waals surface area (Å²) < 4.78 is 7.14. The third kappa shape index (κ3) is 4.71. The topological polar surface area (TPSA) is 97.6 Å². The minimum atomic E-state index is -0.385. The SMILES string of the molecule is CCOc1ccc(C(=O)NNC(=O)CCc2c(C)nc3cc(C)nn3c2C)cc1. The van der Waals surface area contributed by atoms with Gasteiger partial charge in [-0.25, -0.2) is 9.50 Å². The number of carbonyl (C=O) groups excluding carboxylic acids is 2. The van der Waals surface area contributed by atoms with Gasteiger partial charge in [0, 0.05) is 29.4 Å². The summed E-state index contributed by atoms with van der Waals surface area (Å²) in [6.45, 7) is 8.27. The smallest absolute Gasteiger partial charge is 0.269 e.